The summed E-state index contributed by atoms with van der Waals surface area (Å²) in [6.07, 6.45) is 0. The number of benzene rings is 3. The van der Waals surface area contributed by atoms with Crippen molar-refractivity contribution in [2.75, 3.05) is 12.4 Å². The van der Waals surface area contributed by atoms with E-state index in [4.69, 9.17) is 9.94 Å². The Morgan fingerprint density at radius 2 is 1.56 bits per heavy atom. The third kappa shape index (κ3) is 4.31. The van der Waals surface area contributed by atoms with Gasteiger partial charge in [-0.25, -0.2) is 5.48 Å². The van der Waals surface area contributed by atoms with Gasteiger partial charge in [-0.1, -0.05) is 30.3 Å². The second-order valence-electron chi connectivity index (χ2n) is 5.79. The first-order chi connectivity index (χ1) is 13.1. The molecule has 0 saturated carbocycles. The monoisotopic (exact) mass is 362 g/mol. The van der Waals surface area contributed by atoms with Crippen molar-refractivity contribution in [3.8, 4) is 16.9 Å². The van der Waals surface area contributed by atoms with Gasteiger partial charge < -0.3 is 10.1 Å². The maximum Gasteiger partial charge on any atom is 0.274 e. The molecule has 3 aromatic carbocycles. The van der Waals surface area contributed by atoms with Crippen LogP contribution in [-0.2, 0) is 0 Å². The molecule has 0 aromatic heterocycles. The van der Waals surface area contributed by atoms with E-state index in [0.717, 1.165) is 11.1 Å². The summed E-state index contributed by atoms with van der Waals surface area (Å²) in [7, 11) is 1.57. The molecule has 0 spiro atoms. The lowest BCUT2D eigenvalue weighted by Crippen LogP contribution is -2.18. The average molecular weight is 362 g/mol. The molecule has 6 heteroatoms. The number of nitrogens with one attached hydrogen (secondary N) is 2. The van der Waals surface area contributed by atoms with E-state index < -0.39 is 5.91 Å². The van der Waals surface area contributed by atoms with Gasteiger partial charge in [-0.3, -0.25) is 14.8 Å². The Kier molecular flexibility index (Phi) is 5.49. The Balaban J connectivity index is 1.80. The molecule has 0 heterocycles. The minimum absolute atomic E-state index is 0.235. The van der Waals surface area contributed by atoms with Crippen LogP contribution in [0.2, 0.25) is 0 Å². The highest BCUT2D eigenvalue weighted by molar-refractivity contribution is 6.05. The van der Waals surface area contributed by atoms with E-state index >= 15 is 0 Å². The topological polar surface area (TPSA) is 87.7 Å². The molecule has 6 nitrogen and oxygen atoms in total. The van der Waals surface area contributed by atoms with E-state index in [0.29, 0.717) is 22.6 Å². The first kappa shape index (κ1) is 18.2. The number of anilines is 1. The Morgan fingerprint density at radius 1 is 0.815 bits per heavy atom. The first-order valence-electron chi connectivity index (χ1n) is 8.21. The zero-order valence-corrected chi connectivity index (χ0v) is 14.6. The van der Waals surface area contributed by atoms with Crippen LogP contribution in [0.3, 0.4) is 0 Å². The van der Waals surface area contributed by atoms with Gasteiger partial charge in [0.25, 0.3) is 11.8 Å². The summed E-state index contributed by atoms with van der Waals surface area (Å²) in [6, 6.07) is 21.0. The number of ether oxygens (including phenoxy) is 1. The van der Waals surface area contributed by atoms with Crippen LogP contribution in [0.5, 0.6) is 5.75 Å². The Morgan fingerprint density at radius 3 is 2.26 bits per heavy atom. The van der Waals surface area contributed by atoms with Crippen LogP contribution in [0.25, 0.3) is 11.1 Å². The Hall–Kier alpha value is -3.64. The van der Waals surface area contributed by atoms with Gasteiger partial charge in [-0.05, 0) is 47.5 Å². The number of hydrogen-bond donors (Lipinski definition) is 3. The largest absolute Gasteiger partial charge is 0.497 e. The van der Waals surface area contributed by atoms with Crippen molar-refractivity contribution in [3.63, 3.8) is 0 Å². The molecule has 0 bridgehead atoms. The molecular weight excluding hydrogens is 344 g/mol. The first-order valence-corrected chi connectivity index (χ1v) is 8.21. The molecule has 3 N–H and O–H groups in total. The second-order valence-corrected chi connectivity index (χ2v) is 5.79. The van der Waals surface area contributed by atoms with E-state index in [9.17, 15) is 9.59 Å². The minimum Gasteiger partial charge on any atom is -0.497 e. The highest BCUT2D eigenvalue weighted by atomic mass is 16.5. The maximum absolute atomic E-state index is 12.5. The fourth-order valence-electron chi connectivity index (χ4n) is 2.62. The SMILES string of the molecule is COc1cccc(NC(=O)c2cccc(-c3ccc(C(=O)NO)cc3)c2)c1. The van der Waals surface area contributed by atoms with Crippen LogP contribution in [0, 0.1) is 0 Å². The van der Waals surface area contributed by atoms with E-state index in [1.165, 1.54) is 0 Å². The molecule has 0 fully saturated rings. The van der Waals surface area contributed by atoms with Crippen LogP contribution in [0.4, 0.5) is 5.69 Å². The van der Waals surface area contributed by atoms with E-state index in [1.54, 1.807) is 79.3 Å². The molecule has 3 rings (SSSR count). The fourth-order valence-corrected chi connectivity index (χ4v) is 2.62. The molecule has 3 aromatic rings. The molecule has 0 atom stereocenters. The van der Waals surface area contributed by atoms with Crippen LogP contribution >= 0.6 is 0 Å². The van der Waals surface area contributed by atoms with Gasteiger partial charge >= 0.3 is 0 Å². The zero-order valence-electron chi connectivity index (χ0n) is 14.6. The zero-order chi connectivity index (χ0) is 19.2. The van der Waals surface area contributed by atoms with Gasteiger partial charge in [0, 0.05) is 22.9 Å². The molecular formula is C21H18N2O4. The molecule has 0 unspecified atom stereocenters. The lowest BCUT2D eigenvalue weighted by atomic mass is 10.0. The van der Waals surface area contributed by atoms with Gasteiger partial charge in [-0.2, -0.15) is 0 Å². The van der Waals surface area contributed by atoms with E-state index in [-0.39, 0.29) is 5.91 Å². The summed E-state index contributed by atoms with van der Waals surface area (Å²) in [5.74, 6) is -0.150. The van der Waals surface area contributed by atoms with Gasteiger partial charge in [0.05, 0.1) is 7.11 Å². The maximum atomic E-state index is 12.5. The van der Waals surface area contributed by atoms with Crippen LogP contribution in [0.1, 0.15) is 20.7 Å². The summed E-state index contributed by atoms with van der Waals surface area (Å²) in [4.78, 5) is 23.9. The van der Waals surface area contributed by atoms with Crippen LogP contribution in [-0.4, -0.2) is 24.1 Å². The number of hydroxylamine groups is 1. The molecule has 0 aliphatic carbocycles. The lowest BCUT2D eigenvalue weighted by molar-refractivity contribution is 0.0706. The van der Waals surface area contributed by atoms with Crippen molar-refractivity contribution >= 4 is 17.5 Å². The van der Waals surface area contributed by atoms with Gasteiger partial charge in [0.2, 0.25) is 0 Å². The number of rotatable bonds is 5. The second kappa shape index (κ2) is 8.16. The molecule has 27 heavy (non-hydrogen) atoms. The predicted octanol–water partition coefficient (Wildman–Crippen LogP) is 3.73. The van der Waals surface area contributed by atoms with Gasteiger partial charge in [-0.15, -0.1) is 0 Å². The smallest absolute Gasteiger partial charge is 0.274 e. The molecule has 0 aliphatic rings. The lowest BCUT2D eigenvalue weighted by Gasteiger charge is -2.09. The van der Waals surface area contributed by atoms with E-state index in [2.05, 4.69) is 5.32 Å². The summed E-state index contributed by atoms with van der Waals surface area (Å²) in [5, 5.41) is 11.5. The van der Waals surface area contributed by atoms with Gasteiger partial charge in [0.15, 0.2) is 0 Å². The van der Waals surface area contributed by atoms with Crippen molar-refractivity contribution in [2.45, 2.75) is 0 Å². The number of carbonyl (C=O) groups excluding carboxylic acids is 2. The molecule has 0 aliphatic heterocycles. The fraction of sp³-hybridized carbons (Fsp3) is 0.0476. The number of carbonyl (C=O) groups is 2. The summed E-state index contributed by atoms with van der Waals surface area (Å²) >= 11 is 0. The summed E-state index contributed by atoms with van der Waals surface area (Å²) in [6.45, 7) is 0. The number of methoxy groups -OCH3 is 1. The minimum atomic E-state index is -0.576. The van der Waals surface area contributed by atoms with Gasteiger partial charge in [0.1, 0.15) is 5.75 Å². The predicted molar refractivity (Wildman–Crippen MR) is 102 cm³/mol. The molecule has 2 amide bonds. The molecule has 136 valence electrons. The van der Waals surface area contributed by atoms with Crippen LogP contribution in [0.15, 0.2) is 72.8 Å². The third-order valence-electron chi connectivity index (χ3n) is 4.03. The van der Waals surface area contributed by atoms with Crippen molar-refractivity contribution in [2.24, 2.45) is 0 Å². The van der Waals surface area contributed by atoms with E-state index in [1.807, 2.05) is 6.07 Å². The normalized spacial score (nSPS) is 10.1. The average Bonchev–Trinajstić information content (AvgIpc) is 2.73. The third-order valence-corrected chi connectivity index (χ3v) is 4.03. The highest BCUT2D eigenvalue weighted by Crippen LogP contribution is 2.22. The summed E-state index contributed by atoms with van der Waals surface area (Å²) in [5.41, 5.74) is 4.77. The summed E-state index contributed by atoms with van der Waals surface area (Å²) < 4.78 is 5.16. The Labute approximate surface area is 156 Å². The van der Waals surface area contributed by atoms with Crippen molar-refractivity contribution in [1.82, 2.24) is 5.48 Å². The van der Waals surface area contributed by atoms with Crippen molar-refractivity contribution in [1.29, 1.82) is 0 Å². The molecule has 0 saturated heterocycles. The molecule has 0 radical (unpaired) electrons. The number of amides is 2. The highest BCUT2D eigenvalue weighted by Gasteiger charge is 2.09. The number of hydrogen-bond acceptors (Lipinski definition) is 4. The van der Waals surface area contributed by atoms with Crippen molar-refractivity contribution in [3.05, 3.63) is 83.9 Å². The Bertz CT molecular complexity index is 968. The van der Waals surface area contributed by atoms with Crippen LogP contribution < -0.4 is 15.5 Å². The standard InChI is InChI=1S/C21H18N2O4/c1-27-19-7-3-6-18(13-19)22-20(24)17-5-2-4-16(12-17)14-8-10-15(11-9-14)21(25)23-26/h2-13,26H,1H3,(H,22,24)(H,23,25). The quantitative estimate of drug-likeness (QED) is 0.477. The van der Waals surface area contributed by atoms with Crippen molar-refractivity contribution < 1.29 is 19.5 Å².